The van der Waals surface area contributed by atoms with Crippen LogP contribution in [0.2, 0.25) is 0 Å². The van der Waals surface area contributed by atoms with Gasteiger partial charge in [0, 0.05) is 7.05 Å². The van der Waals surface area contributed by atoms with Crippen molar-refractivity contribution in [2.75, 3.05) is 7.05 Å². The van der Waals surface area contributed by atoms with E-state index in [4.69, 9.17) is 5.73 Å². The van der Waals surface area contributed by atoms with Crippen molar-refractivity contribution in [1.29, 1.82) is 0 Å². The van der Waals surface area contributed by atoms with Gasteiger partial charge < -0.3 is 16.4 Å². The molecule has 1 fully saturated rings. The predicted molar refractivity (Wildman–Crippen MR) is 77.2 cm³/mol. The summed E-state index contributed by atoms with van der Waals surface area (Å²) >= 11 is 0. The van der Waals surface area contributed by atoms with Crippen LogP contribution in [0.4, 0.5) is 13.2 Å². The Bertz CT molecular complexity index is 637. The molecule has 0 aromatic heterocycles. The van der Waals surface area contributed by atoms with Gasteiger partial charge in [-0.05, 0) is 37.5 Å². The van der Waals surface area contributed by atoms with Crippen molar-refractivity contribution in [1.82, 2.24) is 10.6 Å². The largest absolute Gasteiger partial charge is 0.416 e. The minimum absolute atomic E-state index is 0.355. The molecule has 8 heteroatoms. The summed E-state index contributed by atoms with van der Waals surface area (Å²) in [7, 11) is 1.35. The highest BCUT2D eigenvalue weighted by molar-refractivity contribution is 6.09. The van der Waals surface area contributed by atoms with Crippen molar-refractivity contribution in [2.24, 2.45) is 5.73 Å². The molecule has 126 valence electrons. The summed E-state index contributed by atoms with van der Waals surface area (Å²) in [4.78, 5) is 23.9. The van der Waals surface area contributed by atoms with Crippen LogP contribution in [0.15, 0.2) is 24.3 Å². The number of nitrogens with two attached hydrogens (primary N) is 1. The lowest BCUT2D eigenvalue weighted by atomic mass is 9.97. The Labute approximate surface area is 131 Å². The number of hydrogen-bond donors (Lipinski definition) is 3. The first-order valence-electron chi connectivity index (χ1n) is 7.04. The number of carbonyl (C=O) groups is 2. The van der Waals surface area contributed by atoms with Crippen LogP contribution < -0.4 is 16.4 Å². The van der Waals surface area contributed by atoms with Crippen LogP contribution in [0.5, 0.6) is 0 Å². The van der Waals surface area contributed by atoms with E-state index in [-0.39, 0.29) is 0 Å². The van der Waals surface area contributed by atoms with E-state index in [1.54, 1.807) is 0 Å². The van der Waals surface area contributed by atoms with Crippen molar-refractivity contribution in [3.8, 4) is 0 Å². The number of carbonyl (C=O) groups excluding carboxylic acids is 2. The van der Waals surface area contributed by atoms with Crippen LogP contribution in [-0.2, 0) is 21.3 Å². The lowest BCUT2D eigenvalue weighted by molar-refractivity contribution is -0.138. The van der Waals surface area contributed by atoms with Gasteiger partial charge in [-0.1, -0.05) is 12.1 Å². The molecule has 5 nitrogen and oxygen atoms in total. The number of rotatable bonds is 4. The predicted octanol–water partition coefficient (Wildman–Crippen LogP) is 1.27. The molecule has 0 radical (unpaired) electrons. The van der Waals surface area contributed by atoms with Crippen LogP contribution in [0.1, 0.15) is 30.9 Å². The molecule has 1 aromatic carbocycles. The van der Waals surface area contributed by atoms with Gasteiger partial charge in [-0.15, -0.1) is 0 Å². The summed E-state index contributed by atoms with van der Waals surface area (Å²) in [6.45, 7) is 1.25. The maximum absolute atomic E-state index is 12.8. The minimum atomic E-state index is -4.46. The van der Waals surface area contributed by atoms with E-state index in [1.165, 1.54) is 26.1 Å². The van der Waals surface area contributed by atoms with E-state index in [0.717, 1.165) is 12.1 Å². The molecular weight excluding hydrogens is 311 g/mol. The minimum Gasteiger partial charge on any atom is -0.357 e. The molecule has 2 amide bonds. The van der Waals surface area contributed by atoms with E-state index in [0.29, 0.717) is 18.4 Å². The standard InChI is InChI=1S/C15H18F3N3O2/c1-13(19,11(22)20-2)12(23)21-14(6-7-14)9-4-3-5-10(8-9)15(16,17)18/h3-5,8H,6-7,19H2,1-2H3,(H,20,22)(H,21,23)/t13-/m0/s1. The lowest BCUT2D eigenvalue weighted by Crippen LogP contribution is -2.62. The fourth-order valence-electron chi connectivity index (χ4n) is 2.31. The molecular formula is C15H18F3N3O2. The second-order valence-corrected chi connectivity index (χ2v) is 5.90. The Morgan fingerprint density at radius 2 is 1.83 bits per heavy atom. The molecule has 2 rings (SSSR count). The highest BCUT2D eigenvalue weighted by atomic mass is 19.4. The molecule has 1 aliphatic carbocycles. The van der Waals surface area contributed by atoms with Crippen molar-refractivity contribution in [3.05, 3.63) is 35.4 Å². The molecule has 1 atom stereocenters. The van der Waals surface area contributed by atoms with E-state index in [1.807, 2.05) is 0 Å². The molecule has 1 aliphatic rings. The molecule has 23 heavy (non-hydrogen) atoms. The Hall–Kier alpha value is -2.09. The van der Waals surface area contributed by atoms with Gasteiger partial charge in [-0.3, -0.25) is 9.59 Å². The molecule has 4 N–H and O–H groups in total. The van der Waals surface area contributed by atoms with E-state index >= 15 is 0 Å². The van der Waals surface area contributed by atoms with Crippen molar-refractivity contribution in [2.45, 2.75) is 37.0 Å². The Morgan fingerprint density at radius 3 is 2.30 bits per heavy atom. The summed E-state index contributed by atoms with van der Waals surface area (Å²) in [6, 6.07) is 4.81. The quantitative estimate of drug-likeness (QED) is 0.728. The molecule has 1 aromatic rings. The summed E-state index contributed by atoms with van der Waals surface area (Å²) in [6.07, 6.45) is -3.48. The number of nitrogens with one attached hydrogen (secondary N) is 2. The van der Waals surface area contributed by atoms with Gasteiger partial charge in [0.05, 0.1) is 11.1 Å². The molecule has 0 unspecified atom stereocenters. The summed E-state index contributed by atoms with van der Waals surface area (Å²) < 4.78 is 38.5. The topological polar surface area (TPSA) is 84.2 Å². The summed E-state index contributed by atoms with van der Waals surface area (Å²) in [5.41, 5.74) is 2.60. The average Bonchev–Trinajstić information content (AvgIpc) is 3.26. The highest BCUT2D eigenvalue weighted by Crippen LogP contribution is 2.46. The number of halogens is 3. The number of benzene rings is 1. The first kappa shape index (κ1) is 17.3. The third-order valence-electron chi connectivity index (χ3n) is 4.02. The number of amides is 2. The summed E-state index contributed by atoms with van der Waals surface area (Å²) in [5.74, 6) is -1.40. The van der Waals surface area contributed by atoms with Crippen LogP contribution >= 0.6 is 0 Å². The van der Waals surface area contributed by atoms with E-state index in [9.17, 15) is 22.8 Å². The van der Waals surface area contributed by atoms with Gasteiger partial charge in [-0.25, -0.2) is 0 Å². The summed E-state index contributed by atoms with van der Waals surface area (Å²) in [5, 5.41) is 4.91. The van der Waals surface area contributed by atoms with Gasteiger partial charge in [-0.2, -0.15) is 13.2 Å². The van der Waals surface area contributed by atoms with Gasteiger partial charge in [0.15, 0.2) is 5.54 Å². The molecule has 0 bridgehead atoms. The van der Waals surface area contributed by atoms with Crippen molar-refractivity contribution < 1.29 is 22.8 Å². The zero-order chi connectivity index (χ0) is 17.5. The first-order chi connectivity index (χ1) is 10.5. The van der Waals surface area contributed by atoms with Gasteiger partial charge in [0.1, 0.15) is 0 Å². The van der Waals surface area contributed by atoms with E-state index < -0.39 is 34.6 Å². The fraction of sp³-hybridized carbons (Fsp3) is 0.467. The molecule has 1 saturated carbocycles. The van der Waals surface area contributed by atoms with Gasteiger partial charge in [0.2, 0.25) is 11.8 Å². The van der Waals surface area contributed by atoms with Crippen LogP contribution in [0.3, 0.4) is 0 Å². The highest BCUT2D eigenvalue weighted by Gasteiger charge is 2.49. The molecule has 0 aliphatic heterocycles. The molecule has 0 saturated heterocycles. The zero-order valence-corrected chi connectivity index (χ0v) is 12.8. The number of hydrogen-bond acceptors (Lipinski definition) is 3. The Kier molecular flexibility index (Phi) is 4.14. The third kappa shape index (κ3) is 3.31. The van der Waals surface area contributed by atoms with Crippen molar-refractivity contribution in [3.63, 3.8) is 0 Å². The number of alkyl halides is 3. The Morgan fingerprint density at radius 1 is 1.22 bits per heavy atom. The smallest absolute Gasteiger partial charge is 0.357 e. The molecule has 0 heterocycles. The maximum atomic E-state index is 12.8. The second kappa shape index (κ2) is 5.52. The van der Waals surface area contributed by atoms with Gasteiger partial charge in [0.25, 0.3) is 0 Å². The zero-order valence-electron chi connectivity index (χ0n) is 12.8. The van der Waals surface area contributed by atoms with Crippen LogP contribution in [0.25, 0.3) is 0 Å². The van der Waals surface area contributed by atoms with Crippen LogP contribution in [-0.4, -0.2) is 24.4 Å². The number of likely N-dealkylation sites (N-methyl/N-ethyl adjacent to an activating group) is 1. The lowest BCUT2D eigenvalue weighted by Gasteiger charge is -2.26. The molecule has 0 spiro atoms. The van der Waals surface area contributed by atoms with Crippen LogP contribution in [0, 0.1) is 0 Å². The average molecular weight is 329 g/mol. The normalized spacial score (nSPS) is 18.7. The Balaban J connectivity index is 2.24. The van der Waals surface area contributed by atoms with Crippen molar-refractivity contribution >= 4 is 11.8 Å². The fourth-order valence-corrected chi connectivity index (χ4v) is 2.31. The monoisotopic (exact) mass is 329 g/mol. The first-order valence-corrected chi connectivity index (χ1v) is 7.04. The second-order valence-electron chi connectivity index (χ2n) is 5.90. The SMILES string of the molecule is CNC(=O)[C@](C)(N)C(=O)NC1(c2cccc(C(F)(F)F)c2)CC1. The third-order valence-corrected chi connectivity index (χ3v) is 4.02. The van der Waals surface area contributed by atoms with E-state index in [2.05, 4.69) is 10.6 Å². The van der Waals surface area contributed by atoms with Gasteiger partial charge >= 0.3 is 6.18 Å². The maximum Gasteiger partial charge on any atom is 0.416 e.